The van der Waals surface area contributed by atoms with Gasteiger partial charge < -0.3 is 25.7 Å². The topological polar surface area (TPSA) is 162 Å². The quantitative estimate of drug-likeness (QED) is 0.409. The lowest BCUT2D eigenvalue weighted by Crippen LogP contribution is -2.74. The highest BCUT2D eigenvalue weighted by atomic mass is 16.3. The number of aliphatic hydroxyl groups is 1. The maximum absolute atomic E-state index is 14.1. The number of Topliss-reactive ketones (excluding diaryl/α,β-unsaturated/α-hetero) is 4. The fourth-order valence-electron chi connectivity index (χ4n) is 7.38. The first-order valence-electron chi connectivity index (χ1n) is 13.9. The minimum absolute atomic E-state index is 0.00635. The van der Waals surface area contributed by atoms with Crippen LogP contribution in [0.4, 0.5) is 5.69 Å². The van der Waals surface area contributed by atoms with E-state index in [4.69, 9.17) is 5.73 Å². The van der Waals surface area contributed by atoms with Crippen molar-refractivity contribution in [3.63, 3.8) is 0 Å². The number of benzene rings is 1. The van der Waals surface area contributed by atoms with Gasteiger partial charge >= 0.3 is 0 Å². The van der Waals surface area contributed by atoms with Crippen molar-refractivity contribution in [2.24, 2.45) is 34.8 Å². The molecule has 4 N–H and O–H groups in total. The number of rotatable bonds is 6. The second-order valence-electron chi connectivity index (χ2n) is 13.7. The van der Waals surface area contributed by atoms with Gasteiger partial charge in [-0.25, -0.2) is 0 Å². The molecule has 1 amide bonds. The Hall–Kier alpha value is -3.15. The van der Waals surface area contributed by atoms with E-state index in [0.717, 1.165) is 12.2 Å². The standard InChI is InChI=1S/C30H42N4O7/c1-29(2,3)13-34(8)12-15-11-18(32(4)5)16-9-14-10-17-22(33(6)7)25(37)21(28(31)40)27(39)30(17,41)26(38)19(14)24(36)20(16)23(15)35/h11,14,17,19,21-22,35,41H,9-10,12-13H2,1-8H3,(H2,31,40). The summed E-state index contributed by atoms with van der Waals surface area (Å²) in [6, 6.07) is 0.731. The molecule has 2 saturated carbocycles. The number of ketones is 4. The number of carbonyl (C=O) groups excluding carboxylic acids is 5. The Labute approximate surface area is 240 Å². The van der Waals surface area contributed by atoms with E-state index < -0.39 is 64.4 Å². The van der Waals surface area contributed by atoms with Gasteiger partial charge in [-0.2, -0.15) is 0 Å². The van der Waals surface area contributed by atoms with Crippen LogP contribution in [0, 0.1) is 29.1 Å². The van der Waals surface area contributed by atoms with Gasteiger partial charge in [0.2, 0.25) is 5.91 Å². The average Bonchev–Trinajstić information content (AvgIpc) is 2.81. The Morgan fingerprint density at radius 3 is 2.20 bits per heavy atom. The minimum atomic E-state index is -2.73. The van der Waals surface area contributed by atoms with E-state index in [-0.39, 0.29) is 29.6 Å². The normalized spacial score (nSPS) is 29.9. The SMILES string of the molecule is CN(Cc1cc(N(C)C)c2c(c1O)C(=O)C1C(=O)C3(O)C(=O)C(C(N)=O)C(=O)C(N(C)C)C3CC1C2)CC(C)(C)C. The third-order valence-corrected chi connectivity index (χ3v) is 8.78. The molecule has 2 fully saturated rings. The van der Waals surface area contributed by atoms with Crippen LogP contribution < -0.4 is 10.6 Å². The number of phenolic OH excluding ortho intramolecular Hbond substituents is 1. The predicted octanol–water partition coefficient (Wildman–Crippen LogP) is 0.411. The van der Waals surface area contributed by atoms with E-state index in [9.17, 15) is 34.2 Å². The second-order valence-corrected chi connectivity index (χ2v) is 13.7. The maximum Gasteiger partial charge on any atom is 0.235 e. The van der Waals surface area contributed by atoms with Crippen LogP contribution in [0.1, 0.15) is 48.7 Å². The number of likely N-dealkylation sites (N-methyl/N-ethyl adjacent to an activating group) is 1. The van der Waals surface area contributed by atoms with E-state index in [2.05, 4.69) is 20.8 Å². The van der Waals surface area contributed by atoms with Crippen LogP contribution in [0.15, 0.2) is 6.07 Å². The van der Waals surface area contributed by atoms with Crippen LogP contribution in [0.5, 0.6) is 5.75 Å². The molecule has 3 aliphatic carbocycles. The summed E-state index contributed by atoms with van der Waals surface area (Å²) in [4.78, 5) is 72.4. The number of nitrogens with two attached hydrogens (primary N) is 1. The lowest BCUT2D eigenvalue weighted by Gasteiger charge is -2.52. The molecule has 1 aromatic rings. The van der Waals surface area contributed by atoms with Crippen molar-refractivity contribution >= 4 is 34.7 Å². The number of primary amides is 1. The number of nitrogens with zero attached hydrogens (tertiary/aromatic N) is 3. The summed E-state index contributed by atoms with van der Waals surface area (Å²) in [5.41, 5.74) is 4.50. The van der Waals surface area contributed by atoms with Crippen LogP contribution in [0.2, 0.25) is 0 Å². The van der Waals surface area contributed by atoms with Gasteiger partial charge in [0.05, 0.1) is 17.5 Å². The van der Waals surface area contributed by atoms with Gasteiger partial charge in [0.1, 0.15) is 5.75 Å². The van der Waals surface area contributed by atoms with Gasteiger partial charge in [0.15, 0.2) is 34.7 Å². The molecule has 224 valence electrons. The van der Waals surface area contributed by atoms with Crippen molar-refractivity contribution in [3.05, 3.63) is 22.8 Å². The van der Waals surface area contributed by atoms with Crippen LogP contribution in [-0.4, -0.2) is 102 Å². The zero-order valence-corrected chi connectivity index (χ0v) is 25.1. The number of hydrogen-bond acceptors (Lipinski definition) is 10. The first-order chi connectivity index (χ1) is 18.8. The van der Waals surface area contributed by atoms with E-state index in [1.807, 2.05) is 37.0 Å². The van der Waals surface area contributed by atoms with Crippen molar-refractivity contribution in [2.45, 2.75) is 51.8 Å². The molecule has 11 nitrogen and oxygen atoms in total. The lowest BCUT2D eigenvalue weighted by molar-refractivity contribution is -0.181. The Bertz CT molecular complexity index is 1330. The Balaban J connectivity index is 1.84. The molecule has 4 rings (SSSR count). The van der Waals surface area contributed by atoms with Gasteiger partial charge in [-0.05, 0) is 56.9 Å². The molecule has 6 atom stereocenters. The molecule has 0 saturated heterocycles. The Morgan fingerprint density at radius 1 is 1.07 bits per heavy atom. The van der Waals surface area contributed by atoms with Gasteiger partial charge in [0.25, 0.3) is 0 Å². The molecule has 0 bridgehead atoms. The molecule has 3 aliphatic rings. The molecule has 0 radical (unpaired) electrons. The smallest absolute Gasteiger partial charge is 0.235 e. The van der Waals surface area contributed by atoms with E-state index in [1.165, 1.54) is 4.90 Å². The lowest BCUT2D eigenvalue weighted by atomic mass is 9.52. The first-order valence-corrected chi connectivity index (χ1v) is 13.9. The molecule has 0 aromatic heterocycles. The summed E-state index contributed by atoms with van der Waals surface area (Å²) in [6.07, 6.45) is 0.249. The highest BCUT2D eigenvalue weighted by Crippen LogP contribution is 2.52. The molecule has 0 spiro atoms. The minimum Gasteiger partial charge on any atom is -0.507 e. The largest absolute Gasteiger partial charge is 0.507 e. The molecule has 0 aliphatic heterocycles. The zero-order valence-electron chi connectivity index (χ0n) is 25.1. The highest BCUT2D eigenvalue weighted by molar-refractivity contribution is 6.32. The summed E-state index contributed by atoms with van der Waals surface area (Å²) in [5.74, 6) is -10.4. The zero-order chi connectivity index (χ0) is 30.9. The number of amides is 1. The third kappa shape index (κ3) is 4.87. The van der Waals surface area contributed by atoms with Gasteiger partial charge in [-0.3, -0.25) is 28.9 Å². The number of hydrogen-bond donors (Lipinski definition) is 3. The fourth-order valence-corrected chi connectivity index (χ4v) is 7.38. The number of aromatic hydroxyl groups is 1. The van der Waals surface area contributed by atoms with Crippen molar-refractivity contribution in [1.29, 1.82) is 0 Å². The maximum atomic E-state index is 14.1. The summed E-state index contributed by atoms with van der Waals surface area (Å²) >= 11 is 0. The van der Waals surface area contributed by atoms with Crippen molar-refractivity contribution in [1.82, 2.24) is 9.80 Å². The van der Waals surface area contributed by atoms with E-state index >= 15 is 0 Å². The summed E-state index contributed by atoms with van der Waals surface area (Å²) in [6.45, 7) is 7.37. The van der Waals surface area contributed by atoms with Crippen LogP contribution in [0.25, 0.3) is 0 Å². The van der Waals surface area contributed by atoms with Gasteiger partial charge in [0, 0.05) is 44.4 Å². The van der Waals surface area contributed by atoms with Crippen molar-refractivity contribution in [3.8, 4) is 5.75 Å². The number of anilines is 1. The molecule has 41 heavy (non-hydrogen) atoms. The molecule has 6 unspecified atom stereocenters. The second kappa shape index (κ2) is 10.3. The van der Waals surface area contributed by atoms with E-state index in [1.54, 1.807) is 14.1 Å². The fraction of sp³-hybridized carbons (Fsp3) is 0.633. The van der Waals surface area contributed by atoms with Crippen LogP contribution in [0.3, 0.4) is 0 Å². The van der Waals surface area contributed by atoms with Crippen molar-refractivity contribution in [2.75, 3.05) is 46.7 Å². The predicted molar refractivity (Wildman–Crippen MR) is 151 cm³/mol. The molecule has 1 aromatic carbocycles. The first kappa shape index (κ1) is 30.8. The average molecular weight is 571 g/mol. The summed E-state index contributed by atoms with van der Waals surface area (Å²) in [5, 5.41) is 23.2. The van der Waals surface area contributed by atoms with Crippen molar-refractivity contribution < 1.29 is 34.2 Å². The van der Waals surface area contributed by atoms with Gasteiger partial charge in [-0.1, -0.05) is 20.8 Å². The monoisotopic (exact) mass is 570 g/mol. The Morgan fingerprint density at radius 2 is 1.68 bits per heavy atom. The number of fused-ring (bicyclic) bond motifs is 3. The molecule has 11 heteroatoms. The Kier molecular flexibility index (Phi) is 7.73. The highest BCUT2D eigenvalue weighted by Gasteiger charge is 2.69. The molecule has 0 heterocycles. The van der Waals surface area contributed by atoms with Gasteiger partial charge in [-0.15, -0.1) is 0 Å². The summed E-state index contributed by atoms with van der Waals surface area (Å²) in [7, 11) is 8.72. The number of carbonyl (C=O) groups is 5. The summed E-state index contributed by atoms with van der Waals surface area (Å²) < 4.78 is 0. The van der Waals surface area contributed by atoms with E-state index in [0.29, 0.717) is 17.7 Å². The third-order valence-electron chi connectivity index (χ3n) is 8.78. The molecular weight excluding hydrogens is 528 g/mol. The number of phenols is 1. The van der Waals surface area contributed by atoms with Crippen LogP contribution >= 0.6 is 0 Å². The molecular formula is C30H42N4O7. The van der Waals surface area contributed by atoms with Crippen LogP contribution in [-0.2, 0) is 32.1 Å².